The molecule has 1 aliphatic heterocycles. The van der Waals surface area contributed by atoms with E-state index in [1.54, 1.807) is 6.07 Å². The first-order valence-electron chi connectivity index (χ1n) is 8.64. The van der Waals surface area contributed by atoms with E-state index in [1.165, 1.54) is 10.4 Å². The number of hydrogen-bond acceptors (Lipinski definition) is 6. The minimum Gasteiger partial charge on any atom is -0.438 e. The summed E-state index contributed by atoms with van der Waals surface area (Å²) in [5.74, 6) is 0.822. The Morgan fingerprint density at radius 1 is 0.923 bits per heavy atom. The van der Waals surface area contributed by atoms with Gasteiger partial charge in [-0.2, -0.15) is 9.29 Å². The van der Waals surface area contributed by atoms with Crippen LogP contribution in [0.1, 0.15) is 25.7 Å². The Morgan fingerprint density at radius 3 is 2.38 bits per heavy atom. The van der Waals surface area contributed by atoms with Crippen LogP contribution in [0.5, 0.6) is 0 Å². The van der Waals surface area contributed by atoms with E-state index < -0.39 is 10.0 Å². The third kappa shape index (κ3) is 3.30. The molecule has 1 aliphatic rings. The van der Waals surface area contributed by atoms with Gasteiger partial charge in [-0.3, -0.25) is 0 Å². The molecule has 8 heteroatoms. The molecular weight excluding hydrogens is 354 g/mol. The van der Waals surface area contributed by atoms with Crippen molar-refractivity contribution in [2.45, 2.75) is 30.8 Å². The van der Waals surface area contributed by atoms with Crippen molar-refractivity contribution < 1.29 is 17.4 Å². The van der Waals surface area contributed by atoms with Crippen LogP contribution in [-0.2, 0) is 10.0 Å². The van der Waals surface area contributed by atoms with E-state index in [9.17, 15) is 8.42 Å². The third-order valence-corrected chi connectivity index (χ3v) is 6.18. The second kappa shape index (κ2) is 7.05. The van der Waals surface area contributed by atoms with Crippen LogP contribution in [0.2, 0.25) is 0 Å². The Morgan fingerprint density at radius 2 is 1.65 bits per heavy atom. The molecule has 0 saturated carbocycles. The lowest BCUT2D eigenvalue weighted by Gasteiger charge is -2.17. The number of rotatable bonds is 4. The van der Waals surface area contributed by atoms with E-state index in [2.05, 4.69) is 10.1 Å². The second-order valence-corrected chi connectivity index (χ2v) is 8.10. The minimum absolute atomic E-state index is 0.0890. The largest absolute Gasteiger partial charge is 0.438 e. The van der Waals surface area contributed by atoms with E-state index in [1.807, 2.05) is 30.3 Å². The maximum atomic E-state index is 12.8. The normalized spacial score (nSPS) is 16.5. The molecule has 0 aliphatic carbocycles. The molecule has 0 N–H and O–H groups in total. The molecule has 7 nitrogen and oxygen atoms in total. The molecule has 0 atom stereocenters. The standard InChI is InChI=1S/C18H19N3O4S/c22-26(23,21-12-6-1-2-7-13-21)16-11-10-15(24-16)18-19-17(20-25-18)14-8-4-3-5-9-14/h3-5,8-11H,1-2,6-7,12-13H2. The van der Waals surface area contributed by atoms with E-state index in [0.29, 0.717) is 18.9 Å². The fourth-order valence-electron chi connectivity index (χ4n) is 3.01. The van der Waals surface area contributed by atoms with Gasteiger partial charge in [-0.15, -0.1) is 0 Å². The second-order valence-electron chi connectivity index (χ2n) is 6.23. The number of hydrogen-bond donors (Lipinski definition) is 0. The van der Waals surface area contributed by atoms with Gasteiger partial charge < -0.3 is 8.94 Å². The van der Waals surface area contributed by atoms with Crippen molar-refractivity contribution >= 4 is 10.0 Å². The SMILES string of the molecule is O=S(=O)(c1ccc(-c2nc(-c3ccccc3)no2)o1)N1CCCCCC1. The Balaban J connectivity index is 1.59. The van der Waals surface area contributed by atoms with Crippen LogP contribution in [0.25, 0.3) is 23.0 Å². The zero-order valence-electron chi connectivity index (χ0n) is 14.2. The molecule has 0 amide bonds. The fraction of sp³-hybridized carbons (Fsp3) is 0.333. The summed E-state index contributed by atoms with van der Waals surface area (Å²) in [5, 5.41) is 3.84. The molecule has 1 aromatic carbocycles. The van der Waals surface area contributed by atoms with Crippen molar-refractivity contribution in [1.82, 2.24) is 14.4 Å². The van der Waals surface area contributed by atoms with E-state index >= 15 is 0 Å². The van der Waals surface area contributed by atoms with Gasteiger partial charge in [-0.25, -0.2) is 8.42 Å². The van der Waals surface area contributed by atoms with Crippen molar-refractivity contribution in [3.05, 3.63) is 42.5 Å². The molecule has 4 rings (SSSR count). The predicted octanol–water partition coefficient (Wildman–Crippen LogP) is 3.56. The van der Waals surface area contributed by atoms with Gasteiger partial charge in [-0.05, 0) is 25.0 Å². The van der Waals surface area contributed by atoms with Crippen LogP contribution in [0.15, 0.2) is 56.5 Å². The van der Waals surface area contributed by atoms with E-state index in [4.69, 9.17) is 8.94 Å². The van der Waals surface area contributed by atoms with Crippen molar-refractivity contribution in [3.8, 4) is 23.0 Å². The lowest BCUT2D eigenvalue weighted by atomic mass is 10.2. The molecule has 0 unspecified atom stereocenters. The molecule has 0 bridgehead atoms. The quantitative estimate of drug-likeness (QED) is 0.695. The van der Waals surface area contributed by atoms with Crippen LogP contribution in [0.4, 0.5) is 0 Å². The number of sulfonamides is 1. The molecule has 26 heavy (non-hydrogen) atoms. The first-order valence-corrected chi connectivity index (χ1v) is 10.1. The number of aromatic nitrogens is 2. The molecule has 0 spiro atoms. The number of benzene rings is 1. The minimum atomic E-state index is -3.64. The molecule has 136 valence electrons. The lowest BCUT2D eigenvalue weighted by Crippen LogP contribution is -2.31. The van der Waals surface area contributed by atoms with Gasteiger partial charge in [0.25, 0.3) is 15.9 Å². The van der Waals surface area contributed by atoms with Gasteiger partial charge in [0, 0.05) is 18.7 Å². The summed E-state index contributed by atoms with van der Waals surface area (Å²) in [6, 6.07) is 12.4. The highest BCUT2D eigenvalue weighted by atomic mass is 32.2. The monoisotopic (exact) mass is 373 g/mol. The molecule has 1 fully saturated rings. The maximum absolute atomic E-state index is 12.8. The van der Waals surface area contributed by atoms with Gasteiger partial charge in [0.2, 0.25) is 10.9 Å². The molecule has 1 saturated heterocycles. The van der Waals surface area contributed by atoms with E-state index in [0.717, 1.165) is 31.2 Å². The average Bonchev–Trinajstić information content (AvgIpc) is 3.26. The molecule has 2 aromatic heterocycles. The van der Waals surface area contributed by atoms with Crippen LogP contribution >= 0.6 is 0 Å². The zero-order valence-corrected chi connectivity index (χ0v) is 15.0. The van der Waals surface area contributed by atoms with Crippen molar-refractivity contribution in [3.63, 3.8) is 0 Å². The highest BCUT2D eigenvalue weighted by Crippen LogP contribution is 2.28. The third-order valence-electron chi connectivity index (χ3n) is 4.41. The van der Waals surface area contributed by atoms with Gasteiger partial charge in [0.15, 0.2) is 5.76 Å². The molecule has 3 aromatic rings. The molecular formula is C18H19N3O4S. The van der Waals surface area contributed by atoms with Gasteiger partial charge >= 0.3 is 0 Å². The van der Waals surface area contributed by atoms with Gasteiger partial charge in [-0.1, -0.05) is 48.3 Å². The average molecular weight is 373 g/mol. The Hall–Kier alpha value is -2.45. The van der Waals surface area contributed by atoms with Crippen LogP contribution in [0.3, 0.4) is 0 Å². The van der Waals surface area contributed by atoms with Crippen LogP contribution in [0, 0.1) is 0 Å². The number of furan rings is 1. The lowest BCUT2D eigenvalue weighted by molar-refractivity contribution is 0.376. The van der Waals surface area contributed by atoms with Gasteiger partial charge in [0.05, 0.1) is 0 Å². The smallest absolute Gasteiger partial charge is 0.293 e. The fourth-order valence-corrected chi connectivity index (χ4v) is 4.44. The van der Waals surface area contributed by atoms with Crippen LogP contribution in [-0.4, -0.2) is 36.0 Å². The Bertz CT molecular complexity index is 971. The van der Waals surface area contributed by atoms with E-state index in [-0.39, 0.29) is 16.7 Å². The number of nitrogens with zero attached hydrogens (tertiary/aromatic N) is 3. The highest BCUT2D eigenvalue weighted by molar-refractivity contribution is 7.89. The van der Waals surface area contributed by atoms with Gasteiger partial charge in [0.1, 0.15) is 0 Å². The summed E-state index contributed by atoms with van der Waals surface area (Å²) >= 11 is 0. The summed E-state index contributed by atoms with van der Waals surface area (Å²) in [6.07, 6.45) is 3.85. The molecule has 0 radical (unpaired) electrons. The topological polar surface area (TPSA) is 89.4 Å². The van der Waals surface area contributed by atoms with Crippen molar-refractivity contribution in [2.75, 3.05) is 13.1 Å². The first kappa shape index (κ1) is 17.0. The Labute approximate surface area is 151 Å². The highest BCUT2D eigenvalue weighted by Gasteiger charge is 2.29. The zero-order chi connectivity index (χ0) is 18.0. The summed E-state index contributed by atoms with van der Waals surface area (Å²) in [4.78, 5) is 4.29. The van der Waals surface area contributed by atoms with Crippen molar-refractivity contribution in [1.29, 1.82) is 0 Å². The predicted molar refractivity (Wildman–Crippen MR) is 94.7 cm³/mol. The molecule has 3 heterocycles. The first-order chi connectivity index (χ1) is 12.6. The summed E-state index contributed by atoms with van der Waals surface area (Å²) in [5.41, 5.74) is 0.812. The Kier molecular flexibility index (Phi) is 4.60. The maximum Gasteiger partial charge on any atom is 0.293 e. The van der Waals surface area contributed by atoms with Crippen molar-refractivity contribution in [2.24, 2.45) is 0 Å². The summed E-state index contributed by atoms with van der Waals surface area (Å²) in [6.45, 7) is 1.05. The summed E-state index contributed by atoms with van der Waals surface area (Å²) in [7, 11) is -3.64. The van der Waals surface area contributed by atoms with Crippen LogP contribution < -0.4 is 0 Å². The summed E-state index contributed by atoms with van der Waals surface area (Å²) < 4.78 is 37.8.